The average molecular weight is 423 g/mol. The molecule has 1 atom stereocenters. The number of hydrogen-bond acceptors (Lipinski definition) is 2. The Balaban J connectivity index is 0.00000196. The number of carbonyl (C=O) groups excluding carboxylic acids is 1. The van der Waals surface area contributed by atoms with Gasteiger partial charge in [-0.2, -0.15) is 0 Å². The zero-order valence-electron chi connectivity index (χ0n) is 14.7. The molecule has 2 aromatic carbocycles. The third-order valence-electron chi connectivity index (χ3n) is 5.40. The summed E-state index contributed by atoms with van der Waals surface area (Å²) in [5, 5.41) is 14.1. The van der Waals surface area contributed by atoms with Gasteiger partial charge in [0.1, 0.15) is 5.75 Å². The number of aromatic hydroxyl groups is 1. The van der Waals surface area contributed by atoms with Crippen LogP contribution in [0.5, 0.6) is 5.75 Å². The van der Waals surface area contributed by atoms with Crippen molar-refractivity contribution in [3.05, 3.63) is 65.1 Å². The molecule has 1 radical (unpaired) electrons. The monoisotopic (exact) mass is 423 g/mol. The molecule has 2 aliphatic rings. The largest absolute Gasteiger partial charge is 0.663 e. The molecule has 0 aliphatic heterocycles. The van der Waals surface area contributed by atoms with Crippen LogP contribution in [0, 0.1) is 5.92 Å². The Labute approximate surface area is 179 Å². The van der Waals surface area contributed by atoms with Crippen molar-refractivity contribution in [2.75, 3.05) is 0 Å². The number of benzene rings is 2. The summed E-state index contributed by atoms with van der Waals surface area (Å²) in [6.07, 6.45) is 4.88. The molecular formula is C21H22N2O2Y-2. The van der Waals surface area contributed by atoms with E-state index in [1.807, 2.05) is 30.3 Å². The van der Waals surface area contributed by atoms with E-state index in [1.165, 1.54) is 0 Å². The van der Waals surface area contributed by atoms with E-state index in [2.05, 4.69) is 5.32 Å². The Morgan fingerprint density at radius 2 is 1.69 bits per heavy atom. The number of hydrogen-bond donors (Lipinski definition) is 1. The van der Waals surface area contributed by atoms with Crippen LogP contribution in [-0.4, -0.2) is 17.1 Å². The third kappa shape index (κ3) is 3.73. The first kappa shape index (κ1) is 19.5. The zero-order chi connectivity index (χ0) is 17.4. The molecular weight excluding hydrogens is 401 g/mol. The molecule has 2 fully saturated rings. The van der Waals surface area contributed by atoms with E-state index in [4.69, 9.17) is 5.73 Å². The predicted octanol–water partition coefficient (Wildman–Crippen LogP) is 5.17. The van der Waals surface area contributed by atoms with E-state index in [-0.39, 0.29) is 56.3 Å². The second-order valence-corrected chi connectivity index (χ2v) is 7.23. The average Bonchev–Trinajstić information content (AvgIpc) is 3.42. The third-order valence-corrected chi connectivity index (χ3v) is 5.40. The van der Waals surface area contributed by atoms with E-state index >= 15 is 0 Å². The smallest absolute Gasteiger partial charge is 0.116 e. The molecule has 2 aliphatic carbocycles. The molecule has 0 spiro atoms. The van der Waals surface area contributed by atoms with Crippen molar-refractivity contribution in [2.45, 2.75) is 43.7 Å². The minimum Gasteiger partial charge on any atom is -0.663 e. The SMILES string of the molecule is [NH-]C(C(=O)[N-]C1CCC1)(c1cccc(-c2cccc(O)c2)c1)C1CC1.[Y]. The Morgan fingerprint density at radius 3 is 2.27 bits per heavy atom. The second kappa shape index (κ2) is 7.79. The van der Waals surface area contributed by atoms with Crippen LogP contribution in [0.2, 0.25) is 0 Å². The standard InChI is InChI=1S/C21H23N2O2.Y/c22-21(16-10-11-16,20(25)23-18-7-3-8-18)17-6-1-4-14(12-17)15-5-2-9-19(24)13-15;/h1-2,4-6,9,12-13,16,18,22H,3,7-8,10-11H2,(H2,23,24,25);/q-1;/p-1. The fourth-order valence-corrected chi connectivity index (χ4v) is 3.46. The topological polar surface area (TPSA) is 75.2 Å². The number of rotatable bonds is 5. The molecule has 2 aromatic rings. The minimum atomic E-state index is -1.28. The van der Waals surface area contributed by atoms with E-state index in [0.717, 1.165) is 43.2 Å². The van der Waals surface area contributed by atoms with E-state index in [0.29, 0.717) is 5.56 Å². The molecule has 4 nitrogen and oxygen atoms in total. The molecule has 2 saturated carbocycles. The summed E-state index contributed by atoms with van der Waals surface area (Å²) >= 11 is 0. The maximum Gasteiger partial charge on any atom is 0.116 e. The maximum atomic E-state index is 12.9. The van der Waals surface area contributed by atoms with Gasteiger partial charge >= 0.3 is 0 Å². The normalized spacial score (nSPS) is 19.0. The Bertz CT molecular complexity index is 802. The molecule has 4 rings (SSSR count). The number of phenolic OH excluding ortho intramolecular Hbond substituents is 1. The van der Waals surface area contributed by atoms with Gasteiger partial charge in [-0.25, -0.2) is 0 Å². The van der Waals surface area contributed by atoms with Gasteiger partial charge in [-0.05, 0) is 29.2 Å². The van der Waals surface area contributed by atoms with Crippen LogP contribution < -0.4 is 0 Å². The molecule has 0 aromatic heterocycles. The van der Waals surface area contributed by atoms with Crippen LogP contribution in [0.15, 0.2) is 48.5 Å². The number of nitrogens with one attached hydrogen (secondary N) is 1. The Morgan fingerprint density at radius 1 is 1.04 bits per heavy atom. The molecule has 133 valence electrons. The van der Waals surface area contributed by atoms with Crippen molar-refractivity contribution in [1.29, 1.82) is 0 Å². The maximum absolute atomic E-state index is 12.9. The summed E-state index contributed by atoms with van der Waals surface area (Å²) in [5.41, 5.74) is 10.2. The van der Waals surface area contributed by atoms with Crippen LogP contribution in [0.3, 0.4) is 0 Å². The molecule has 26 heavy (non-hydrogen) atoms. The fraction of sp³-hybridized carbons (Fsp3) is 0.381. The zero-order valence-corrected chi connectivity index (χ0v) is 17.5. The van der Waals surface area contributed by atoms with Crippen LogP contribution in [-0.2, 0) is 43.0 Å². The van der Waals surface area contributed by atoms with Crippen molar-refractivity contribution in [3.63, 3.8) is 0 Å². The molecule has 0 saturated heterocycles. The van der Waals surface area contributed by atoms with Crippen LogP contribution in [0.4, 0.5) is 0 Å². The molecule has 1 amide bonds. The Kier molecular flexibility index (Phi) is 5.86. The van der Waals surface area contributed by atoms with Crippen molar-refractivity contribution >= 4 is 5.91 Å². The van der Waals surface area contributed by atoms with E-state index in [1.54, 1.807) is 18.2 Å². The number of phenols is 1. The van der Waals surface area contributed by atoms with Crippen molar-refractivity contribution in [2.24, 2.45) is 5.92 Å². The molecule has 0 heterocycles. The summed E-state index contributed by atoms with van der Waals surface area (Å²) in [5.74, 6) is -0.0192. The van der Waals surface area contributed by atoms with Crippen LogP contribution in [0.1, 0.15) is 37.7 Å². The van der Waals surface area contributed by atoms with Crippen molar-refractivity contribution < 1.29 is 42.6 Å². The quantitative estimate of drug-likeness (QED) is 0.721. The van der Waals surface area contributed by atoms with Gasteiger partial charge < -0.3 is 21.0 Å². The molecule has 5 heteroatoms. The summed E-state index contributed by atoms with van der Waals surface area (Å²) in [4.78, 5) is 12.9. The van der Waals surface area contributed by atoms with Gasteiger partial charge in [0.2, 0.25) is 0 Å². The van der Waals surface area contributed by atoms with Crippen molar-refractivity contribution in [1.82, 2.24) is 0 Å². The van der Waals surface area contributed by atoms with Gasteiger partial charge in [0.05, 0.1) is 0 Å². The van der Waals surface area contributed by atoms with Gasteiger partial charge in [-0.15, -0.1) is 6.04 Å². The number of carbonyl (C=O) groups is 1. The first-order valence-electron chi connectivity index (χ1n) is 8.97. The number of nitrogens with zero attached hydrogens (tertiary/aromatic N) is 1. The van der Waals surface area contributed by atoms with Gasteiger partial charge in [0.25, 0.3) is 0 Å². The summed E-state index contributed by atoms with van der Waals surface area (Å²) in [6, 6.07) is 14.8. The van der Waals surface area contributed by atoms with Gasteiger partial charge in [-0.1, -0.05) is 79.6 Å². The van der Waals surface area contributed by atoms with Gasteiger partial charge in [0, 0.05) is 38.6 Å². The van der Waals surface area contributed by atoms with Crippen molar-refractivity contribution in [3.8, 4) is 16.9 Å². The summed E-state index contributed by atoms with van der Waals surface area (Å²) in [6.45, 7) is 0. The number of amides is 1. The van der Waals surface area contributed by atoms with E-state index < -0.39 is 5.54 Å². The van der Waals surface area contributed by atoms with Crippen LogP contribution >= 0.6 is 0 Å². The van der Waals surface area contributed by atoms with Crippen LogP contribution in [0.25, 0.3) is 22.2 Å². The van der Waals surface area contributed by atoms with E-state index in [9.17, 15) is 9.90 Å². The summed E-state index contributed by atoms with van der Waals surface area (Å²) < 4.78 is 0. The minimum absolute atomic E-state index is 0. The molecule has 2 N–H and O–H groups in total. The van der Waals surface area contributed by atoms with Gasteiger partial charge in [0.15, 0.2) is 0 Å². The summed E-state index contributed by atoms with van der Waals surface area (Å²) in [7, 11) is 0. The van der Waals surface area contributed by atoms with Gasteiger partial charge in [-0.3, -0.25) is 0 Å². The second-order valence-electron chi connectivity index (χ2n) is 7.23. The molecule has 0 bridgehead atoms. The first-order valence-corrected chi connectivity index (χ1v) is 8.97. The first-order chi connectivity index (χ1) is 12.1. The fourth-order valence-electron chi connectivity index (χ4n) is 3.46. The Hall–Kier alpha value is -1.23. The molecule has 1 unspecified atom stereocenters. The predicted molar refractivity (Wildman–Crippen MR) is 98.3 cm³/mol.